The maximum absolute atomic E-state index is 14.1. The van der Waals surface area contributed by atoms with E-state index in [-0.39, 0.29) is 24.6 Å². The third kappa shape index (κ3) is 8.13. The molecule has 1 N–H and O–H groups in total. The van der Waals surface area contributed by atoms with Gasteiger partial charge in [0.1, 0.15) is 12.6 Å². The quantitative estimate of drug-likeness (QED) is 0.272. The zero-order chi connectivity index (χ0) is 29.4. The number of hydrogen-bond donors (Lipinski definition) is 1. The van der Waals surface area contributed by atoms with Crippen LogP contribution in [0.5, 0.6) is 0 Å². The number of benzene rings is 3. The van der Waals surface area contributed by atoms with Crippen LogP contribution in [0.2, 0.25) is 15.1 Å². The van der Waals surface area contributed by atoms with Gasteiger partial charge in [0, 0.05) is 40.1 Å². The number of carbonyl (C=O) groups excluding carboxylic acids is 2. The molecule has 40 heavy (non-hydrogen) atoms. The Morgan fingerprint density at radius 3 is 2.10 bits per heavy atom. The Morgan fingerprint density at radius 2 is 1.50 bits per heavy atom. The fourth-order valence-corrected chi connectivity index (χ4v) is 5.82. The summed E-state index contributed by atoms with van der Waals surface area (Å²) in [7, 11) is -3.92. The molecular formula is C29H32Cl3N3O4S. The summed E-state index contributed by atoms with van der Waals surface area (Å²) in [4.78, 5) is 29.0. The molecular weight excluding hydrogens is 593 g/mol. The highest BCUT2D eigenvalue weighted by Gasteiger charge is 2.34. The lowest BCUT2D eigenvalue weighted by Gasteiger charge is -2.34. The summed E-state index contributed by atoms with van der Waals surface area (Å²) in [5, 5.41) is 3.89. The molecule has 7 nitrogen and oxygen atoms in total. The van der Waals surface area contributed by atoms with Crippen LogP contribution in [0, 0.1) is 6.92 Å². The molecule has 0 unspecified atom stereocenters. The van der Waals surface area contributed by atoms with E-state index >= 15 is 0 Å². The van der Waals surface area contributed by atoms with Gasteiger partial charge in [-0.2, -0.15) is 0 Å². The summed E-state index contributed by atoms with van der Waals surface area (Å²) in [6, 6.07) is 18.1. The van der Waals surface area contributed by atoms with E-state index in [2.05, 4.69) is 5.32 Å². The number of amides is 2. The van der Waals surface area contributed by atoms with Gasteiger partial charge < -0.3 is 10.2 Å². The number of carbonyl (C=O) groups is 2. The second-order valence-electron chi connectivity index (χ2n) is 9.37. The zero-order valence-electron chi connectivity index (χ0n) is 22.5. The van der Waals surface area contributed by atoms with Crippen LogP contribution in [-0.2, 0) is 32.6 Å². The minimum Gasteiger partial charge on any atom is -0.354 e. The van der Waals surface area contributed by atoms with Crippen LogP contribution in [0.3, 0.4) is 0 Å². The molecule has 3 aromatic rings. The van der Waals surface area contributed by atoms with Crippen molar-refractivity contribution >= 4 is 62.3 Å². The Kier molecular flexibility index (Phi) is 11.3. The Labute approximate surface area is 251 Å². The normalized spacial score (nSPS) is 12.1. The second kappa shape index (κ2) is 14.2. The third-order valence-corrected chi connectivity index (χ3v) is 8.64. The van der Waals surface area contributed by atoms with E-state index in [1.807, 2.05) is 37.3 Å². The molecule has 3 aromatic carbocycles. The van der Waals surface area contributed by atoms with Crippen molar-refractivity contribution in [2.24, 2.45) is 0 Å². The van der Waals surface area contributed by atoms with E-state index in [9.17, 15) is 18.0 Å². The molecule has 0 aliphatic rings. The Hall–Kier alpha value is -2.78. The van der Waals surface area contributed by atoms with Crippen LogP contribution in [-0.4, -0.2) is 50.5 Å². The molecule has 0 bridgehead atoms. The van der Waals surface area contributed by atoms with E-state index in [1.54, 1.807) is 43.3 Å². The van der Waals surface area contributed by atoms with Gasteiger partial charge in [0.05, 0.1) is 11.9 Å². The minimum atomic E-state index is -3.92. The Bertz CT molecular complexity index is 1430. The van der Waals surface area contributed by atoms with Gasteiger partial charge in [0.15, 0.2) is 0 Å². The predicted octanol–water partition coefficient (Wildman–Crippen LogP) is 5.89. The molecule has 0 aliphatic heterocycles. The number of hydrogen-bond acceptors (Lipinski definition) is 4. The van der Waals surface area contributed by atoms with Gasteiger partial charge in [-0.15, -0.1) is 0 Å². The van der Waals surface area contributed by atoms with Crippen molar-refractivity contribution in [3.05, 3.63) is 98.5 Å². The molecule has 0 saturated carbocycles. The van der Waals surface area contributed by atoms with Gasteiger partial charge >= 0.3 is 0 Å². The summed E-state index contributed by atoms with van der Waals surface area (Å²) in [6.07, 6.45) is 1.91. The van der Waals surface area contributed by atoms with E-state index in [0.717, 1.165) is 16.1 Å². The van der Waals surface area contributed by atoms with Crippen molar-refractivity contribution in [2.75, 3.05) is 23.7 Å². The highest BCUT2D eigenvalue weighted by Crippen LogP contribution is 2.30. The number of anilines is 1. The van der Waals surface area contributed by atoms with Crippen LogP contribution in [0.4, 0.5) is 5.69 Å². The molecule has 0 aliphatic carbocycles. The van der Waals surface area contributed by atoms with Crippen LogP contribution < -0.4 is 9.62 Å². The van der Waals surface area contributed by atoms with Crippen LogP contribution in [0.25, 0.3) is 0 Å². The number of sulfonamides is 1. The lowest BCUT2D eigenvalue weighted by atomic mass is 10.0. The first-order valence-corrected chi connectivity index (χ1v) is 15.7. The van der Waals surface area contributed by atoms with Gasteiger partial charge in [0.2, 0.25) is 21.8 Å². The topological polar surface area (TPSA) is 86.8 Å². The lowest BCUT2D eigenvalue weighted by molar-refractivity contribution is -0.140. The van der Waals surface area contributed by atoms with E-state index in [1.165, 1.54) is 4.90 Å². The van der Waals surface area contributed by atoms with Crippen LogP contribution in [0.15, 0.2) is 66.7 Å². The summed E-state index contributed by atoms with van der Waals surface area (Å²) in [6.45, 7) is 3.35. The van der Waals surface area contributed by atoms with Gasteiger partial charge in [0.25, 0.3) is 0 Å². The molecule has 214 valence electrons. The Morgan fingerprint density at radius 1 is 0.900 bits per heavy atom. The zero-order valence-corrected chi connectivity index (χ0v) is 25.6. The number of rotatable bonds is 12. The molecule has 11 heteroatoms. The average Bonchev–Trinajstić information content (AvgIpc) is 2.91. The Balaban J connectivity index is 2.12. The predicted molar refractivity (Wildman–Crippen MR) is 163 cm³/mol. The highest BCUT2D eigenvalue weighted by molar-refractivity contribution is 7.92. The van der Waals surface area contributed by atoms with Crippen LogP contribution >= 0.6 is 34.8 Å². The molecule has 0 fully saturated rings. The van der Waals surface area contributed by atoms with Gasteiger partial charge in [-0.25, -0.2) is 8.42 Å². The average molecular weight is 625 g/mol. The third-order valence-electron chi connectivity index (χ3n) is 6.40. The van der Waals surface area contributed by atoms with Gasteiger partial charge in [-0.3, -0.25) is 13.9 Å². The number of nitrogens with one attached hydrogen (secondary N) is 1. The van der Waals surface area contributed by atoms with Crippen molar-refractivity contribution in [2.45, 2.75) is 39.3 Å². The smallest absolute Gasteiger partial charge is 0.244 e. The monoisotopic (exact) mass is 623 g/mol. The van der Waals surface area contributed by atoms with Crippen molar-refractivity contribution in [1.29, 1.82) is 0 Å². The van der Waals surface area contributed by atoms with E-state index in [4.69, 9.17) is 34.8 Å². The summed E-state index contributed by atoms with van der Waals surface area (Å²) in [5.74, 6) is -0.972. The SMILES string of the molecule is CCCNC(=O)[C@H](Cc1ccccc1)N(Cc1c(Cl)cccc1Cl)C(=O)CN(c1cccc(Cl)c1C)S(C)(=O)=O. The number of halogens is 3. The van der Waals surface area contributed by atoms with Gasteiger partial charge in [-0.1, -0.05) is 84.2 Å². The summed E-state index contributed by atoms with van der Waals surface area (Å²) in [5.41, 5.74) is 2.05. The van der Waals surface area contributed by atoms with Crippen molar-refractivity contribution < 1.29 is 18.0 Å². The molecule has 0 radical (unpaired) electrons. The molecule has 0 heterocycles. The largest absolute Gasteiger partial charge is 0.354 e. The first kappa shape index (κ1) is 31.7. The number of nitrogens with zero attached hydrogens (tertiary/aromatic N) is 2. The molecule has 0 spiro atoms. The minimum absolute atomic E-state index is 0.111. The maximum Gasteiger partial charge on any atom is 0.244 e. The van der Waals surface area contributed by atoms with Crippen LogP contribution in [0.1, 0.15) is 30.0 Å². The van der Waals surface area contributed by atoms with E-state index < -0.39 is 28.5 Å². The van der Waals surface area contributed by atoms with Crippen molar-refractivity contribution in [3.8, 4) is 0 Å². The first-order chi connectivity index (χ1) is 18.9. The second-order valence-corrected chi connectivity index (χ2v) is 12.5. The van der Waals surface area contributed by atoms with E-state index in [0.29, 0.717) is 39.2 Å². The molecule has 3 rings (SSSR count). The fourth-order valence-electron chi connectivity index (χ4n) is 4.23. The molecule has 2 amide bonds. The molecule has 0 aromatic heterocycles. The van der Waals surface area contributed by atoms with Crippen molar-refractivity contribution in [1.82, 2.24) is 10.2 Å². The lowest BCUT2D eigenvalue weighted by Crippen LogP contribution is -2.53. The van der Waals surface area contributed by atoms with Crippen molar-refractivity contribution in [3.63, 3.8) is 0 Å². The highest BCUT2D eigenvalue weighted by atomic mass is 35.5. The molecule has 0 saturated heterocycles. The fraction of sp³-hybridized carbons (Fsp3) is 0.310. The summed E-state index contributed by atoms with van der Waals surface area (Å²) >= 11 is 19.2. The maximum atomic E-state index is 14.1. The first-order valence-electron chi connectivity index (χ1n) is 12.7. The summed E-state index contributed by atoms with van der Waals surface area (Å²) < 4.78 is 26.9. The standard InChI is InChI=1S/C29H32Cl3N3O4S/c1-4-16-33-29(37)27(17-21-10-6-5-7-11-21)34(18-22-24(31)13-8-14-25(22)32)28(36)19-35(40(3,38)39)26-15-9-12-23(30)20(26)2/h5-15,27H,4,16-19H2,1-3H3,(H,33,37)/t27-/m0/s1. The van der Waals surface area contributed by atoms with Gasteiger partial charge in [-0.05, 0) is 48.7 Å². The molecule has 1 atom stereocenters.